The lowest BCUT2D eigenvalue weighted by Gasteiger charge is -2.09. The number of fused-ring (bicyclic) bond motifs is 1. The molecule has 0 bridgehead atoms. The second-order valence-corrected chi connectivity index (χ2v) is 7.59. The highest BCUT2D eigenvalue weighted by molar-refractivity contribution is 7.18. The van der Waals surface area contributed by atoms with Crippen molar-refractivity contribution in [3.63, 3.8) is 0 Å². The minimum atomic E-state index is -0.0860. The van der Waals surface area contributed by atoms with Gasteiger partial charge in [-0.05, 0) is 50.1 Å². The van der Waals surface area contributed by atoms with Crippen LogP contribution in [0.25, 0.3) is 11.0 Å². The third-order valence-electron chi connectivity index (χ3n) is 4.44. The van der Waals surface area contributed by atoms with Crippen molar-refractivity contribution in [2.24, 2.45) is 0 Å². The van der Waals surface area contributed by atoms with Gasteiger partial charge in [-0.25, -0.2) is 9.97 Å². The number of nitrogens with zero attached hydrogens (tertiary/aromatic N) is 2. The van der Waals surface area contributed by atoms with Crippen LogP contribution in [0.4, 0.5) is 16.6 Å². The molecule has 0 aliphatic carbocycles. The van der Waals surface area contributed by atoms with E-state index in [0.717, 1.165) is 33.4 Å². The number of aromatic amines is 1. The van der Waals surface area contributed by atoms with Crippen molar-refractivity contribution in [1.82, 2.24) is 15.0 Å². The Morgan fingerprint density at radius 3 is 2.63 bits per heavy atom. The van der Waals surface area contributed by atoms with Gasteiger partial charge < -0.3 is 16.0 Å². The van der Waals surface area contributed by atoms with E-state index >= 15 is 0 Å². The van der Waals surface area contributed by atoms with Crippen LogP contribution >= 0.6 is 11.3 Å². The number of imidazole rings is 1. The third-order valence-corrected chi connectivity index (χ3v) is 5.42. The molecule has 0 aliphatic heterocycles. The van der Waals surface area contributed by atoms with Crippen LogP contribution in [0.1, 0.15) is 31.9 Å². The fraction of sp³-hybridized carbons (Fsp3) is 0.150. The van der Waals surface area contributed by atoms with Crippen LogP contribution in [-0.2, 0) is 0 Å². The van der Waals surface area contributed by atoms with Gasteiger partial charge in [-0.3, -0.25) is 4.79 Å². The predicted molar refractivity (Wildman–Crippen MR) is 110 cm³/mol. The number of carbonyl (C=O) groups excluding carboxylic acids is 1. The molecule has 6 nitrogen and oxygen atoms in total. The Balaban J connectivity index is 1.66. The van der Waals surface area contributed by atoms with Gasteiger partial charge in [-0.1, -0.05) is 29.0 Å². The topological polar surface area (TPSA) is 96.7 Å². The Hall–Kier alpha value is -3.19. The van der Waals surface area contributed by atoms with Crippen LogP contribution in [0.5, 0.6) is 0 Å². The van der Waals surface area contributed by atoms with Crippen LogP contribution in [0.2, 0.25) is 0 Å². The van der Waals surface area contributed by atoms with E-state index in [2.05, 4.69) is 20.3 Å². The van der Waals surface area contributed by atoms with Gasteiger partial charge >= 0.3 is 0 Å². The van der Waals surface area contributed by atoms with Gasteiger partial charge in [0.1, 0.15) is 10.7 Å². The van der Waals surface area contributed by atoms with Crippen LogP contribution in [-0.4, -0.2) is 20.7 Å². The number of benzene rings is 2. The summed E-state index contributed by atoms with van der Waals surface area (Å²) >= 11 is 1.26. The minimum Gasteiger partial charge on any atom is -0.382 e. The van der Waals surface area contributed by atoms with Crippen molar-refractivity contribution in [3.8, 4) is 0 Å². The number of nitrogens with two attached hydrogens (primary N) is 1. The molecule has 0 saturated carbocycles. The van der Waals surface area contributed by atoms with Gasteiger partial charge in [-0.15, -0.1) is 0 Å². The number of hydrogen-bond acceptors (Lipinski definition) is 6. The van der Waals surface area contributed by atoms with Crippen molar-refractivity contribution >= 4 is 44.8 Å². The predicted octanol–water partition coefficient (Wildman–Crippen LogP) is 4.50. The van der Waals surface area contributed by atoms with Crippen LogP contribution in [0.15, 0.2) is 36.7 Å². The van der Waals surface area contributed by atoms with E-state index < -0.39 is 0 Å². The molecule has 4 rings (SSSR count). The lowest BCUT2D eigenvalue weighted by atomic mass is 9.96. The maximum Gasteiger partial charge on any atom is 0.207 e. The van der Waals surface area contributed by atoms with E-state index in [1.807, 2.05) is 51.1 Å². The third kappa shape index (κ3) is 3.17. The van der Waals surface area contributed by atoms with Crippen LogP contribution in [0, 0.1) is 20.8 Å². The summed E-state index contributed by atoms with van der Waals surface area (Å²) in [5, 5.41) is 3.80. The summed E-state index contributed by atoms with van der Waals surface area (Å²) in [6, 6.07) is 9.79. The van der Waals surface area contributed by atoms with E-state index in [-0.39, 0.29) is 11.6 Å². The molecule has 27 heavy (non-hydrogen) atoms. The lowest BCUT2D eigenvalue weighted by Crippen LogP contribution is -2.07. The molecule has 2 aromatic carbocycles. The molecule has 7 heteroatoms. The van der Waals surface area contributed by atoms with Gasteiger partial charge in [-0.2, -0.15) is 0 Å². The fourth-order valence-corrected chi connectivity index (χ4v) is 4.19. The average Bonchev–Trinajstić information content (AvgIpc) is 3.19. The summed E-state index contributed by atoms with van der Waals surface area (Å²) in [6.07, 6.45) is 1.65. The normalized spacial score (nSPS) is 11.1. The minimum absolute atomic E-state index is 0.0860. The second kappa shape index (κ2) is 6.51. The highest BCUT2D eigenvalue weighted by atomic mass is 32.1. The summed E-state index contributed by atoms with van der Waals surface area (Å²) in [6.45, 7) is 5.92. The van der Waals surface area contributed by atoms with E-state index in [9.17, 15) is 4.79 Å². The first kappa shape index (κ1) is 17.2. The maximum atomic E-state index is 13.1. The number of rotatable bonds is 4. The summed E-state index contributed by atoms with van der Waals surface area (Å²) in [7, 11) is 0. The quantitative estimate of drug-likeness (QED) is 0.455. The zero-order valence-corrected chi connectivity index (χ0v) is 16.1. The van der Waals surface area contributed by atoms with Gasteiger partial charge in [0.2, 0.25) is 5.78 Å². The molecule has 0 unspecified atom stereocenters. The average molecular weight is 377 g/mol. The number of nitrogen functional groups attached to an aromatic ring is 1. The summed E-state index contributed by atoms with van der Waals surface area (Å²) in [5.74, 6) is 0.159. The molecule has 4 aromatic rings. The van der Waals surface area contributed by atoms with Crippen LogP contribution < -0.4 is 11.1 Å². The Kier molecular flexibility index (Phi) is 4.16. The highest BCUT2D eigenvalue weighted by Crippen LogP contribution is 2.32. The largest absolute Gasteiger partial charge is 0.382 e. The molecule has 0 saturated heterocycles. The smallest absolute Gasteiger partial charge is 0.207 e. The molecule has 0 radical (unpaired) electrons. The summed E-state index contributed by atoms with van der Waals surface area (Å²) in [5.41, 5.74) is 12.4. The molecule has 0 atom stereocenters. The molecular formula is C20H19N5OS. The molecule has 2 aromatic heterocycles. The number of anilines is 3. The summed E-state index contributed by atoms with van der Waals surface area (Å²) < 4.78 is 0. The Bertz CT molecular complexity index is 1150. The van der Waals surface area contributed by atoms with Crippen molar-refractivity contribution < 1.29 is 4.79 Å². The Labute approximate surface area is 160 Å². The highest BCUT2D eigenvalue weighted by Gasteiger charge is 2.21. The Morgan fingerprint density at radius 1 is 1.15 bits per heavy atom. The number of nitrogens with one attached hydrogen (secondary N) is 2. The number of aryl methyl sites for hydroxylation is 3. The molecule has 4 N–H and O–H groups in total. The van der Waals surface area contributed by atoms with Crippen molar-refractivity contribution in [3.05, 3.63) is 63.8 Å². The van der Waals surface area contributed by atoms with Gasteiger partial charge in [0.05, 0.1) is 17.4 Å². The second-order valence-electron chi connectivity index (χ2n) is 6.60. The lowest BCUT2D eigenvalue weighted by molar-refractivity contribution is 0.104. The first-order valence-electron chi connectivity index (χ1n) is 8.51. The number of aromatic nitrogens is 3. The van der Waals surface area contributed by atoms with Crippen molar-refractivity contribution in [2.45, 2.75) is 20.8 Å². The van der Waals surface area contributed by atoms with E-state index in [4.69, 9.17) is 5.73 Å². The number of carbonyl (C=O) groups is 1. The fourth-order valence-electron chi connectivity index (χ4n) is 3.34. The van der Waals surface area contributed by atoms with Gasteiger partial charge in [0.25, 0.3) is 0 Å². The molecular weight excluding hydrogens is 358 g/mol. The van der Waals surface area contributed by atoms with Crippen molar-refractivity contribution in [2.75, 3.05) is 11.1 Å². The monoisotopic (exact) mass is 377 g/mol. The molecule has 2 heterocycles. The number of hydrogen-bond donors (Lipinski definition) is 3. The number of H-pyrrole nitrogens is 1. The van der Waals surface area contributed by atoms with Crippen molar-refractivity contribution in [1.29, 1.82) is 0 Å². The molecule has 0 aliphatic rings. The first-order valence-corrected chi connectivity index (χ1v) is 9.33. The molecule has 136 valence electrons. The van der Waals surface area contributed by atoms with E-state index in [1.165, 1.54) is 11.3 Å². The Morgan fingerprint density at radius 2 is 1.89 bits per heavy atom. The zero-order chi connectivity index (χ0) is 19.1. The molecule has 0 fully saturated rings. The first-order chi connectivity index (χ1) is 12.9. The summed E-state index contributed by atoms with van der Waals surface area (Å²) in [4.78, 5) is 25.1. The maximum absolute atomic E-state index is 13.1. The standard InChI is InChI=1S/C20H19N5OS/c1-10-6-11(2)16(12(3)7-10)17(26)18-19(21)25-20(27-18)24-13-4-5-14-15(8-13)23-9-22-14/h4-9H,21H2,1-3H3,(H,22,23)(H,24,25). The van der Waals surface area contributed by atoms with Gasteiger partial charge in [0.15, 0.2) is 5.13 Å². The van der Waals surface area contributed by atoms with E-state index in [0.29, 0.717) is 15.6 Å². The number of thiazole rings is 1. The molecule has 0 amide bonds. The SMILES string of the molecule is Cc1cc(C)c(C(=O)c2sc(Nc3ccc4nc[nH]c4c3)nc2N)c(C)c1. The molecule has 0 spiro atoms. The van der Waals surface area contributed by atoms with Gasteiger partial charge in [0, 0.05) is 11.3 Å². The number of ketones is 1. The van der Waals surface area contributed by atoms with E-state index in [1.54, 1.807) is 6.33 Å². The van der Waals surface area contributed by atoms with Crippen LogP contribution in [0.3, 0.4) is 0 Å². The zero-order valence-electron chi connectivity index (χ0n) is 15.3.